The van der Waals surface area contributed by atoms with Gasteiger partial charge in [-0.15, -0.1) is 0 Å². The number of para-hydroxylation sites is 1. The Morgan fingerprint density at radius 2 is 1.78 bits per heavy atom. The van der Waals surface area contributed by atoms with E-state index in [1.54, 1.807) is 12.1 Å². The van der Waals surface area contributed by atoms with E-state index in [1.165, 1.54) is 0 Å². The van der Waals surface area contributed by atoms with Gasteiger partial charge in [-0.1, -0.05) is 42.8 Å². The van der Waals surface area contributed by atoms with Crippen molar-refractivity contribution in [2.24, 2.45) is 0 Å². The van der Waals surface area contributed by atoms with Gasteiger partial charge in [0, 0.05) is 23.3 Å². The molecule has 1 aliphatic heterocycles. The minimum absolute atomic E-state index is 0.129. The van der Waals surface area contributed by atoms with Gasteiger partial charge < -0.3 is 15.2 Å². The molecule has 0 aliphatic carbocycles. The van der Waals surface area contributed by atoms with Gasteiger partial charge in [0.05, 0.1) is 0 Å². The molecule has 0 saturated carbocycles. The molecule has 1 saturated heterocycles. The zero-order valence-corrected chi connectivity index (χ0v) is 18.0. The Labute approximate surface area is 186 Å². The fourth-order valence-corrected chi connectivity index (χ4v) is 3.60. The Bertz CT molecular complexity index is 1210. The van der Waals surface area contributed by atoms with Gasteiger partial charge in [-0.2, -0.15) is 0 Å². The van der Waals surface area contributed by atoms with Crippen molar-refractivity contribution >= 4 is 29.6 Å². The van der Waals surface area contributed by atoms with Crippen LogP contribution in [0.3, 0.4) is 0 Å². The Kier molecular flexibility index (Phi) is 5.89. The highest BCUT2D eigenvalue weighted by Crippen LogP contribution is 2.19. The first kappa shape index (κ1) is 21.1. The molecule has 0 unspecified atom stereocenters. The van der Waals surface area contributed by atoms with E-state index in [0.717, 1.165) is 33.8 Å². The van der Waals surface area contributed by atoms with E-state index >= 15 is 0 Å². The van der Waals surface area contributed by atoms with Crippen molar-refractivity contribution in [1.29, 1.82) is 0 Å². The molecule has 0 atom stereocenters. The van der Waals surface area contributed by atoms with Gasteiger partial charge in [-0.25, -0.2) is 9.69 Å². The molecule has 0 radical (unpaired) electrons. The average molecular weight is 428 g/mol. The fourth-order valence-electron chi connectivity index (χ4n) is 3.60. The van der Waals surface area contributed by atoms with Gasteiger partial charge in [0.2, 0.25) is 5.91 Å². The number of imide groups is 1. The quantitative estimate of drug-likeness (QED) is 0.462. The van der Waals surface area contributed by atoms with Gasteiger partial charge in [0.1, 0.15) is 12.2 Å². The number of aryl methyl sites for hydroxylation is 2. The maximum Gasteiger partial charge on any atom is 0.329 e. The number of urea groups is 1. The largest absolute Gasteiger partial charge is 0.329 e. The van der Waals surface area contributed by atoms with E-state index in [9.17, 15) is 14.4 Å². The number of aromatic nitrogens is 1. The summed E-state index contributed by atoms with van der Waals surface area (Å²) in [7, 11) is 0. The minimum Gasteiger partial charge on any atom is -0.324 e. The van der Waals surface area contributed by atoms with Gasteiger partial charge in [-0.05, 0) is 55.3 Å². The van der Waals surface area contributed by atoms with Crippen LogP contribution in [0.4, 0.5) is 10.5 Å². The third-order valence-corrected chi connectivity index (χ3v) is 5.32. The smallest absolute Gasteiger partial charge is 0.324 e. The van der Waals surface area contributed by atoms with E-state index in [4.69, 9.17) is 0 Å². The third kappa shape index (κ3) is 4.32. The van der Waals surface area contributed by atoms with E-state index in [2.05, 4.69) is 10.6 Å². The number of carbonyl (C=O) groups is 3. The number of anilines is 1. The molecule has 7 heteroatoms. The Hall–Kier alpha value is -4.13. The number of nitrogens with zero attached hydrogens (tertiary/aromatic N) is 2. The second-order valence-electron chi connectivity index (χ2n) is 7.58. The topological polar surface area (TPSA) is 83.4 Å². The van der Waals surface area contributed by atoms with E-state index in [-0.39, 0.29) is 12.2 Å². The van der Waals surface area contributed by atoms with Crippen LogP contribution in [0.25, 0.3) is 11.8 Å². The van der Waals surface area contributed by atoms with Crippen molar-refractivity contribution in [2.75, 3.05) is 11.9 Å². The first-order valence-corrected chi connectivity index (χ1v) is 10.4. The number of hydrogen-bond acceptors (Lipinski definition) is 3. The molecule has 3 aromatic rings. The molecule has 2 heterocycles. The van der Waals surface area contributed by atoms with E-state index < -0.39 is 17.8 Å². The van der Waals surface area contributed by atoms with Crippen LogP contribution in [0.2, 0.25) is 0 Å². The standard InChI is InChI=1S/C25H24N4O3/c1-3-18-7-4-5-9-21(18)26-23(30)16-29-24(31)22(27-25(29)32)15-20-8-6-14-28(20)19-12-10-17(2)11-13-19/h4-15H,3,16H2,1-2H3,(H,26,30)(H,27,32)/b22-15+. The van der Waals surface area contributed by atoms with E-state index in [0.29, 0.717) is 5.69 Å². The Morgan fingerprint density at radius 3 is 2.53 bits per heavy atom. The first-order valence-electron chi connectivity index (χ1n) is 10.4. The summed E-state index contributed by atoms with van der Waals surface area (Å²) in [4.78, 5) is 38.6. The summed E-state index contributed by atoms with van der Waals surface area (Å²) < 4.78 is 1.92. The van der Waals surface area contributed by atoms with Crippen LogP contribution in [0.1, 0.15) is 23.7 Å². The normalized spacial score (nSPS) is 14.7. The zero-order chi connectivity index (χ0) is 22.7. The van der Waals surface area contributed by atoms with Gasteiger partial charge in [-0.3, -0.25) is 9.59 Å². The predicted molar refractivity (Wildman–Crippen MR) is 123 cm³/mol. The third-order valence-electron chi connectivity index (χ3n) is 5.32. The number of hydrogen-bond donors (Lipinski definition) is 2. The average Bonchev–Trinajstić information content (AvgIpc) is 3.35. The SMILES string of the molecule is CCc1ccccc1NC(=O)CN1C(=O)N/C(=C/c2cccn2-c2ccc(C)cc2)C1=O. The Balaban J connectivity index is 1.50. The highest BCUT2D eigenvalue weighted by Gasteiger charge is 2.35. The van der Waals surface area contributed by atoms with Crippen molar-refractivity contribution in [3.63, 3.8) is 0 Å². The predicted octanol–water partition coefficient (Wildman–Crippen LogP) is 3.88. The molecule has 0 spiro atoms. The van der Waals surface area contributed by atoms with Crippen LogP contribution in [-0.4, -0.2) is 33.9 Å². The highest BCUT2D eigenvalue weighted by molar-refractivity contribution is 6.15. The molecule has 1 fully saturated rings. The molecule has 4 amide bonds. The molecule has 7 nitrogen and oxygen atoms in total. The monoisotopic (exact) mass is 428 g/mol. The summed E-state index contributed by atoms with van der Waals surface area (Å²) in [5.74, 6) is -0.968. The van der Waals surface area contributed by atoms with Crippen LogP contribution in [0.5, 0.6) is 0 Å². The molecule has 2 aromatic carbocycles. The van der Waals surface area contributed by atoms with E-state index in [1.807, 2.05) is 79.2 Å². The summed E-state index contributed by atoms with van der Waals surface area (Å²) in [6, 6.07) is 18.5. The number of rotatable bonds is 6. The van der Waals surface area contributed by atoms with Crippen LogP contribution < -0.4 is 10.6 Å². The zero-order valence-electron chi connectivity index (χ0n) is 18.0. The summed E-state index contributed by atoms with van der Waals surface area (Å²) in [5.41, 5.74) is 4.61. The van der Waals surface area contributed by atoms with Crippen molar-refractivity contribution in [3.05, 3.63) is 89.4 Å². The Morgan fingerprint density at radius 1 is 1.03 bits per heavy atom. The van der Waals surface area contributed by atoms with Crippen molar-refractivity contribution < 1.29 is 14.4 Å². The molecule has 32 heavy (non-hydrogen) atoms. The van der Waals surface area contributed by atoms with Crippen LogP contribution >= 0.6 is 0 Å². The van der Waals surface area contributed by atoms with Crippen molar-refractivity contribution in [2.45, 2.75) is 20.3 Å². The summed E-state index contributed by atoms with van der Waals surface area (Å²) in [6.07, 6.45) is 4.26. The van der Waals surface area contributed by atoms with Gasteiger partial charge in [0.25, 0.3) is 5.91 Å². The molecule has 4 rings (SSSR count). The maximum atomic E-state index is 12.8. The number of amides is 4. The highest BCUT2D eigenvalue weighted by atomic mass is 16.2. The number of nitrogens with one attached hydrogen (secondary N) is 2. The minimum atomic E-state index is -0.617. The van der Waals surface area contributed by atoms with Gasteiger partial charge >= 0.3 is 6.03 Å². The molecular formula is C25H24N4O3. The second-order valence-corrected chi connectivity index (χ2v) is 7.58. The summed E-state index contributed by atoms with van der Waals surface area (Å²) in [5, 5.41) is 5.37. The first-order chi connectivity index (χ1) is 15.5. The molecule has 1 aliphatic rings. The maximum absolute atomic E-state index is 12.8. The fraction of sp³-hybridized carbons (Fsp3) is 0.160. The van der Waals surface area contributed by atoms with Crippen LogP contribution in [-0.2, 0) is 16.0 Å². The number of benzene rings is 2. The molecule has 2 N–H and O–H groups in total. The lowest BCUT2D eigenvalue weighted by atomic mass is 10.1. The lowest BCUT2D eigenvalue weighted by Crippen LogP contribution is -2.38. The van der Waals surface area contributed by atoms with Crippen LogP contribution in [0, 0.1) is 6.92 Å². The van der Waals surface area contributed by atoms with Crippen molar-refractivity contribution in [1.82, 2.24) is 14.8 Å². The molecular weight excluding hydrogens is 404 g/mol. The van der Waals surface area contributed by atoms with Crippen LogP contribution in [0.15, 0.2) is 72.6 Å². The summed E-state index contributed by atoms with van der Waals surface area (Å²) in [6.45, 7) is 3.64. The van der Waals surface area contributed by atoms with Crippen molar-refractivity contribution in [3.8, 4) is 5.69 Å². The molecule has 162 valence electrons. The molecule has 1 aromatic heterocycles. The summed E-state index contributed by atoms with van der Waals surface area (Å²) >= 11 is 0. The number of carbonyl (C=O) groups excluding carboxylic acids is 3. The lowest BCUT2D eigenvalue weighted by molar-refractivity contribution is -0.127. The molecule has 0 bridgehead atoms. The van der Waals surface area contributed by atoms with Gasteiger partial charge in [0.15, 0.2) is 0 Å². The second kappa shape index (κ2) is 8.93. The lowest BCUT2D eigenvalue weighted by Gasteiger charge is -2.13.